The second kappa shape index (κ2) is 8.02. The van der Waals surface area contributed by atoms with E-state index >= 15 is 0 Å². The maximum absolute atomic E-state index is 12.8. The van der Waals surface area contributed by atoms with Gasteiger partial charge in [0.25, 0.3) is 0 Å². The first-order chi connectivity index (χ1) is 13.7. The topological polar surface area (TPSA) is 61.8 Å². The molecule has 0 bridgehead atoms. The van der Waals surface area contributed by atoms with Gasteiger partial charge in [-0.25, -0.2) is 9.97 Å². The van der Waals surface area contributed by atoms with Crippen LogP contribution in [0.4, 0.5) is 10.9 Å². The third kappa shape index (κ3) is 3.73. The van der Waals surface area contributed by atoms with Crippen LogP contribution in [0.2, 0.25) is 0 Å². The second-order valence-corrected chi connectivity index (χ2v) is 7.72. The number of para-hydroxylation sites is 1. The number of hydrogen-bond acceptors (Lipinski definition) is 7. The van der Waals surface area contributed by atoms with Gasteiger partial charge in [-0.05, 0) is 24.3 Å². The molecule has 0 spiro atoms. The Morgan fingerprint density at radius 2 is 2.00 bits per heavy atom. The fraction of sp³-hybridized carbons (Fsp3) is 0.350. The van der Waals surface area contributed by atoms with Gasteiger partial charge in [0.1, 0.15) is 17.1 Å². The number of hydrogen-bond donors (Lipinski definition) is 0. The third-order valence-corrected chi connectivity index (χ3v) is 6.03. The van der Waals surface area contributed by atoms with E-state index in [0.29, 0.717) is 19.6 Å². The summed E-state index contributed by atoms with van der Waals surface area (Å²) in [4.78, 5) is 27.9. The molecule has 1 fully saturated rings. The number of piperazine rings is 1. The summed E-state index contributed by atoms with van der Waals surface area (Å²) in [6.07, 6.45) is 1.80. The summed E-state index contributed by atoms with van der Waals surface area (Å²) in [7, 11) is 3.55. The Morgan fingerprint density at radius 1 is 1.18 bits per heavy atom. The fourth-order valence-corrected chi connectivity index (χ4v) is 4.28. The van der Waals surface area contributed by atoms with Crippen molar-refractivity contribution in [3.05, 3.63) is 42.6 Å². The Morgan fingerprint density at radius 3 is 2.71 bits per heavy atom. The van der Waals surface area contributed by atoms with Crippen LogP contribution in [0.15, 0.2) is 42.6 Å². The standard InChI is InChI=1S/C20H23N5O2S/c1-23(20-22-19-15(27-2)6-5-7-16(19)28-20)14-18(26)25-12-10-24(11-13-25)17-8-3-4-9-21-17/h3-9H,10-14H2,1-2H3. The Balaban J connectivity index is 1.37. The molecule has 4 rings (SSSR count). The number of thiazole rings is 1. The third-order valence-electron chi connectivity index (χ3n) is 4.90. The summed E-state index contributed by atoms with van der Waals surface area (Å²) in [6.45, 7) is 3.31. The van der Waals surface area contributed by atoms with Crippen molar-refractivity contribution < 1.29 is 9.53 Å². The molecule has 0 atom stereocenters. The molecule has 0 unspecified atom stereocenters. The number of anilines is 2. The Labute approximate surface area is 168 Å². The fourth-order valence-electron chi connectivity index (χ4n) is 3.34. The Bertz CT molecular complexity index is 954. The highest BCUT2D eigenvalue weighted by molar-refractivity contribution is 7.22. The van der Waals surface area contributed by atoms with Gasteiger partial charge in [0.05, 0.1) is 18.4 Å². The van der Waals surface area contributed by atoms with Crippen LogP contribution in [0.25, 0.3) is 10.2 Å². The lowest BCUT2D eigenvalue weighted by Gasteiger charge is -2.36. The van der Waals surface area contributed by atoms with Crippen molar-refractivity contribution >= 4 is 38.4 Å². The maximum Gasteiger partial charge on any atom is 0.242 e. The minimum absolute atomic E-state index is 0.120. The summed E-state index contributed by atoms with van der Waals surface area (Å²) in [5, 5.41) is 0.819. The summed E-state index contributed by atoms with van der Waals surface area (Å²) in [5.41, 5.74) is 0.841. The number of aromatic nitrogens is 2. The second-order valence-electron chi connectivity index (χ2n) is 6.72. The molecule has 0 aliphatic carbocycles. The predicted octanol–water partition coefficient (Wildman–Crippen LogP) is 2.48. The number of nitrogens with zero attached hydrogens (tertiary/aromatic N) is 5. The van der Waals surface area contributed by atoms with Crippen molar-refractivity contribution in [2.75, 3.05) is 56.7 Å². The first kappa shape index (κ1) is 18.5. The summed E-state index contributed by atoms with van der Waals surface area (Å²) >= 11 is 1.57. The average molecular weight is 398 g/mol. The number of fused-ring (bicyclic) bond motifs is 1. The van der Waals surface area contributed by atoms with E-state index in [9.17, 15) is 4.79 Å². The zero-order chi connectivity index (χ0) is 19.5. The lowest BCUT2D eigenvalue weighted by molar-refractivity contribution is -0.129. The molecule has 1 aliphatic heterocycles. The maximum atomic E-state index is 12.8. The molecule has 3 aromatic rings. The predicted molar refractivity (Wildman–Crippen MR) is 112 cm³/mol. The molecule has 0 radical (unpaired) electrons. The summed E-state index contributed by atoms with van der Waals surface area (Å²) in [5.74, 6) is 1.84. The molecule has 1 saturated heterocycles. The molecule has 0 N–H and O–H groups in total. The van der Waals surface area contributed by atoms with Gasteiger partial charge in [-0.3, -0.25) is 4.79 Å². The summed E-state index contributed by atoms with van der Waals surface area (Å²) < 4.78 is 6.44. The van der Waals surface area contributed by atoms with Gasteiger partial charge in [0.2, 0.25) is 5.91 Å². The van der Waals surface area contributed by atoms with Gasteiger partial charge in [-0.15, -0.1) is 0 Å². The van der Waals surface area contributed by atoms with Crippen LogP contribution < -0.4 is 14.5 Å². The van der Waals surface area contributed by atoms with Crippen LogP contribution >= 0.6 is 11.3 Å². The highest BCUT2D eigenvalue weighted by Crippen LogP contribution is 2.33. The molecular weight excluding hydrogens is 374 g/mol. The number of benzene rings is 1. The van der Waals surface area contributed by atoms with Gasteiger partial charge in [-0.1, -0.05) is 23.5 Å². The van der Waals surface area contributed by atoms with Crippen LogP contribution in [0.1, 0.15) is 0 Å². The first-order valence-electron chi connectivity index (χ1n) is 9.24. The number of amides is 1. The number of carbonyl (C=O) groups excluding carboxylic acids is 1. The van der Waals surface area contributed by atoms with Crippen molar-refractivity contribution in [3.8, 4) is 5.75 Å². The van der Waals surface area contributed by atoms with E-state index in [1.54, 1.807) is 24.6 Å². The lowest BCUT2D eigenvalue weighted by atomic mass is 10.3. The quantitative estimate of drug-likeness (QED) is 0.659. The summed E-state index contributed by atoms with van der Waals surface area (Å²) in [6, 6.07) is 11.8. The van der Waals surface area contributed by atoms with Gasteiger partial charge in [0.15, 0.2) is 5.13 Å². The smallest absolute Gasteiger partial charge is 0.242 e. The van der Waals surface area contributed by atoms with E-state index in [4.69, 9.17) is 4.74 Å². The lowest BCUT2D eigenvalue weighted by Crippen LogP contribution is -2.51. The Kier molecular flexibility index (Phi) is 5.29. The number of likely N-dealkylation sites (N-methyl/N-ethyl adjacent to an activating group) is 1. The van der Waals surface area contributed by atoms with Gasteiger partial charge < -0.3 is 19.4 Å². The SMILES string of the molecule is COc1cccc2sc(N(C)CC(=O)N3CCN(c4ccccn4)CC3)nc12. The molecule has 8 heteroatoms. The Hall–Kier alpha value is -2.87. The molecule has 0 saturated carbocycles. The van der Waals surface area contributed by atoms with Crippen molar-refractivity contribution in [1.29, 1.82) is 0 Å². The van der Waals surface area contributed by atoms with Crippen LogP contribution in [-0.2, 0) is 4.79 Å². The average Bonchev–Trinajstić information content (AvgIpc) is 3.19. The first-order valence-corrected chi connectivity index (χ1v) is 10.1. The zero-order valence-corrected chi connectivity index (χ0v) is 16.9. The van der Waals surface area contributed by atoms with E-state index < -0.39 is 0 Å². The van der Waals surface area contributed by atoms with Gasteiger partial charge in [0, 0.05) is 39.4 Å². The normalized spacial score (nSPS) is 14.4. The molecule has 1 aromatic carbocycles. The van der Waals surface area contributed by atoms with Crippen molar-refractivity contribution in [2.24, 2.45) is 0 Å². The molecular formula is C20H23N5O2S. The van der Waals surface area contributed by atoms with Crippen molar-refractivity contribution in [3.63, 3.8) is 0 Å². The molecule has 7 nitrogen and oxygen atoms in total. The number of methoxy groups -OCH3 is 1. The molecule has 1 aliphatic rings. The van der Waals surface area contributed by atoms with E-state index in [1.807, 2.05) is 53.2 Å². The molecule has 3 heterocycles. The van der Waals surface area contributed by atoms with Crippen LogP contribution in [0.3, 0.4) is 0 Å². The van der Waals surface area contributed by atoms with E-state index in [1.165, 1.54) is 0 Å². The van der Waals surface area contributed by atoms with Crippen molar-refractivity contribution in [2.45, 2.75) is 0 Å². The van der Waals surface area contributed by atoms with Crippen LogP contribution in [-0.4, -0.2) is 67.7 Å². The minimum atomic E-state index is 0.120. The van der Waals surface area contributed by atoms with Crippen LogP contribution in [0, 0.1) is 0 Å². The van der Waals surface area contributed by atoms with Crippen molar-refractivity contribution in [1.82, 2.24) is 14.9 Å². The molecule has 28 heavy (non-hydrogen) atoms. The highest BCUT2D eigenvalue weighted by Gasteiger charge is 2.23. The van der Waals surface area contributed by atoms with E-state index in [0.717, 1.165) is 40.0 Å². The number of carbonyl (C=O) groups is 1. The van der Waals surface area contributed by atoms with E-state index in [-0.39, 0.29) is 5.91 Å². The zero-order valence-electron chi connectivity index (χ0n) is 16.0. The van der Waals surface area contributed by atoms with Gasteiger partial charge >= 0.3 is 0 Å². The van der Waals surface area contributed by atoms with Crippen LogP contribution in [0.5, 0.6) is 5.75 Å². The highest BCUT2D eigenvalue weighted by atomic mass is 32.1. The molecule has 2 aromatic heterocycles. The number of pyridine rings is 1. The largest absolute Gasteiger partial charge is 0.494 e. The molecule has 1 amide bonds. The molecule has 146 valence electrons. The number of rotatable bonds is 5. The number of ether oxygens (including phenoxy) is 1. The monoisotopic (exact) mass is 397 g/mol. The van der Waals surface area contributed by atoms with E-state index in [2.05, 4.69) is 14.9 Å². The van der Waals surface area contributed by atoms with Gasteiger partial charge in [-0.2, -0.15) is 0 Å². The minimum Gasteiger partial charge on any atom is -0.494 e.